The molecule has 3 aromatic rings. The van der Waals surface area contributed by atoms with Gasteiger partial charge in [-0.2, -0.15) is 0 Å². The van der Waals surface area contributed by atoms with Gasteiger partial charge in [0.05, 0.1) is 15.0 Å². The molecule has 1 fully saturated rings. The summed E-state index contributed by atoms with van der Waals surface area (Å²) in [7, 11) is -3.95. The molecule has 1 aliphatic heterocycles. The summed E-state index contributed by atoms with van der Waals surface area (Å²) in [5.41, 5.74) is 0.864. The van der Waals surface area contributed by atoms with E-state index in [1.807, 2.05) is 0 Å². The smallest absolute Gasteiger partial charge is 0.263 e. The Morgan fingerprint density at radius 2 is 1.85 bits per heavy atom. The van der Waals surface area contributed by atoms with Crippen LogP contribution in [-0.4, -0.2) is 29.2 Å². The molecule has 172 valence electrons. The van der Waals surface area contributed by atoms with E-state index in [0.717, 1.165) is 11.8 Å². The van der Waals surface area contributed by atoms with Crippen molar-refractivity contribution in [3.05, 3.63) is 51.3 Å². The lowest BCUT2D eigenvalue weighted by Crippen LogP contribution is -2.40. The molecule has 0 saturated carbocycles. The van der Waals surface area contributed by atoms with E-state index >= 15 is 0 Å². The van der Waals surface area contributed by atoms with Crippen molar-refractivity contribution in [3.63, 3.8) is 0 Å². The number of nitrogens with zero attached hydrogens (tertiary/aromatic N) is 1. The van der Waals surface area contributed by atoms with E-state index in [1.54, 1.807) is 45.3 Å². The fourth-order valence-electron chi connectivity index (χ4n) is 3.24. The molecule has 1 amide bonds. The van der Waals surface area contributed by atoms with Crippen LogP contribution in [0.15, 0.2) is 44.8 Å². The fourth-order valence-corrected chi connectivity index (χ4v) is 6.90. The quantitative estimate of drug-likeness (QED) is 0.338. The minimum atomic E-state index is -3.95. The van der Waals surface area contributed by atoms with Crippen LogP contribution in [0.4, 0.5) is 0 Å². The summed E-state index contributed by atoms with van der Waals surface area (Å²) in [6.45, 7) is 5.16. The summed E-state index contributed by atoms with van der Waals surface area (Å²) in [6, 6.07) is 4.74. The van der Waals surface area contributed by atoms with Crippen LogP contribution in [0.1, 0.15) is 26.5 Å². The van der Waals surface area contributed by atoms with Gasteiger partial charge in [-0.3, -0.25) is 9.78 Å². The van der Waals surface area contributed by atoms with Crippen LogP contribution >= 0.6 is 47.2 Å². The average molecular weight is 542 g/mol. The van der Waals surface area contributed by atoms with E-state index in [1.165, 1.54) is 12.1 Å². The zero-order chi connectivity index (χ0) is 24.1. The monoisotopic (exact) mass is 541 g/mol. The highest BCUT2D eigenvalue weighted by atomic mass is 35.5. The van der Waals surface area contributed by atoms with Gasteiger partial charge in [0, 0.05) is 35.0 Å². The normalized spacial score (nSPS) is 16.1. The van der Waals surface area contributed by atoms with Gasteiger partial charge >= 0.3 is 0 Å². The van der Waals surface area contributed by atoms with Crippen LogP contribution in [0, 0.1) is 0 Å². The number of benzene rings is 1. The molecular formula is C21H17Cl2N3O4S3. The number of thiocarbonyl (C=S) groups is 1. The van der Waals surface area contributed by atoms with E-state index in [0.29, 0.717) is 37.1 Å². The first-order valence-corrected chi connectivity index (χ1v) is 13.0. The maximum Gasteiger partial charge on any atom is 0.263 e. The number of halogens is 2. The first-order valence-electron chi connectivity index (χ1n) is 9.50. The third-order valence-corrected chi connectivity index (χ3v) is 8.22. The molecule has 0 bridgehead atoms. The van der Waals surface area contributed by atoms with Crippen molar-refractivity contribution in [1.29, 1.82) is 0 Å². The van der Waals surface area contributed by atoms with Gasteiger partial charge in [-0.25, -0.2) is 13.1 Å². The number of amides is 1. The number of sulfonamides is 1. The van der Waals surface area contributed by atoms with Crippen LogP contribution < -0.4 is 10.0 Å². The Hall–Kier alpha value is -1.95. The van der Waals surface area contributed by atoms with Crippen molar-refractivity contribution in [2.24, 2.45) is 0 Å². The molecule has 1 aromatic carbocycles. The number of hydrogen-bond acceptors (Lipinski definition) is 7. The van der Waals surface area contributed by atoms with E-state index < -0.39 is 15.6 Å². The number of pyridine rings is 1. The molecule has 0 unspecified atom stereocenters. The molecule has 12 heteroatoms. The van der Waals surface area contributed by atoms with E-state index in [4.69, 9.17) is 39.8 Å². The average Bonchev–Trinajstić information content (AvgIpc) is 3.20. The number of carbonyl (C=O) groups excluding carboxylic acids is 1. The molecular weight excluding hydrogens is 525 g/mol. The lowest BCUT2D eigenvalue weighted by Gasteiger charge is -2.21. The van der Waals surface area contributed by atoms with E-state index in [-0.39, 0.29) is 20.8 Å². The minimum absolute atomic E-state index is 0.0345. The molecule has 2 aromatic heterocycles. The SMILES string of the molecule is CC(C)(C)NS(=O)(=O)c1c(Cl)cc(-c2cncc3cc(/C=C4\SC(=S)NC4=O)oc23)cc1Cl. The van der Waals surface area contributed by atoms with Gasteiger partial charge in [-0.1, -0.05) is 47.2 Å². The first kappa shape index (κ1) is 24.2. The number of nitrogens with one attached hydrogen (secondary N) is 2. The molecule has 0 aliphatic carbocycles. The number of rotatable bonds is 4. The Balaban J connectivity index is 1.78. The first-order chi connectivity index (χ1) is 15.3. The number of aromatic nitrogens is 1. The van der Waals surface area contributed by atoms with Gasteiger partial charge in [0.1, 0.15) is 20.6 Å². The Morgan fingerprint density at radius 1 is 1.18 bits per heavy atom. The van der Waals surface area contributed by atoms with Crippen molar-refractivity contribution < 1.29 is 17.6 Å². The molecule has 2 N–H and O–H groups in total. The summed E-state index contributed by atoms with van der Waals surface area (Å²) in [4.78, 5) is 16.4. The molecule has 33 heavy (non-hydrogen) atoms. The van der Waals surface area contributed by atoms with Crippen molar-refractivity contribution in [1.82, 2.24) is 15.0 Å². The lowest BCUT2D eigenvalue weighted by molar-refractivity contribution is -0.115. The minimum Gasteiger partial charge on any atom is -0.456 e. The maximum atomic E-state index is 12.8. The highest BCUT2D eigenvalue weighted by Gasteiger charge is 2.28. The van der Waals surface area contributed by atoms with Crippen LogP contribution in [0.3, 0.4) is 0 Å². The Bertz CT molecular complexity index is 1430. The largest absolute Gasteiger partial charge is 0.456 e. The van der Waals surface area contributed by atoms with Crippen LogP contribution in [0.5, 0.6) is 0 Å². The molecule has 4 rings (SSSR count). The zero-order valence-electron chi connectivity index (χ0n) is 17.5. The number of furan rings is 1. The second-order valence-corrected chi connectivity index (χ2v) is 12.4. The summed E-state index contributed by atoms with van der Waals surface area (Å²) in [6.07, 6.45) is 4.78. The van der Waals surface area contributed by atoms with Crippen molar-refractivity contribution in [2.45, 2.75) is 31.2 Å². The Kier molecular flexibility index (Phi) is 6.36. The van der Waals surface area contributed by atoms with E-state index in [2.05, 4.69) is 15.0 Å². The number of fused-ring (bicyclic) bond motifs is 1. The van der Waals surface area contributed by atoms with Crippen molar-refractivity contribution >= 4 is 84.5 Å². The van der Waals surface area contributed by atoms with Crippen LogP contribution in [0.25, 0.3) is 28.2 Å². The zero-order valence-corrected chi connectivity index (χ0v) is 21.5. The van der Waals surface area contributed by atoms with Gasteiger partial charge in [0.2, 0.25) is 10.0 Å². The Morgan fingerprint density at radius 3 is 2.42 bits per heavy atom. The van der Waals surface area contributed by atoms with Crippen LogP contribution in [0.2, 0.25) is 10.0 Å². The van der Waals surface area contributed by atoms with Crippen LogP contribution in [-0.2, 0) is 14.8 Å². The van der Waals surface area contributed by atoms with E-state index in [9.17, 15) is 13.2 Å². The number of thioether (sulfide) groups is 1. The lowest BCUT2D eigenvalue weighted by atomic mass is 10.1. The predicted molar refractivity (Wildman–Crippen MR) is 136 cm³/mol. The summed E-state index contributed by atoms with van der Waals surface area (Å²) < 4.78 is 34.5. The maximum absolute atomic E-state index is 12.8. The summed E-state index contributed by atoms with van der Waals surface area (Å²) >= 11 is 18.9. The highest BCUT2D eigenvalue weighted by molar-refractivity contribution is 8.26. The van der Waals surface area contributed by atoms with Gasteiger partial charge in [-0.15, -0.1) is 0 Å². The van der Waals surface area contributed by atoms with Gasteiger partial charge in [0.15, 0.2) is 0 Å². The second kappa shape index (κ2) is 8.68. The molecule has 0 radical (unpaired) electrons. The summed E-state index contributed by atoms with van der Waals surface area (Å²) in [5, 5.41) is 3.17. The van der Waals surface area contributed by atoms with Gasteiger partial charge in [0.25, 0.3) is 5.91 Å². The second-order valence-electron chi connectivity index (χ2n) is 8.23. The third-order valence-electron chi connectivity index (χ3n) is 4.38. The Labute approximate surface area is 210 Å². The predicted octanol–water partition coefficient (Wildman–Crippen LogP) is 5.37. The number of carbonyl (C=O) groups is 1. The molecule has 3 heterocycles. The van der Waals surface area contributed by atoms with Crippen molar-refractivity contribution in [3.8, 4) is 11.1 Å². The highest BCUT2D eigenvalue weighted by Crippen LogP contribution is 2.38. The standard InChI is InChI=1S/C21H17Cl2N3O4S3/c1-21(2,3)26-33(28,29)18-14(22)5-10(6-15(18)23)13-9-24-8-11-4-12(30-17(11)13)7-16-19(27)25-20(31)32-16/h4-9,26H,1-3H3,(H,25,27,31)/b16-7-. The topological polar surface area (TPSA) is 101 Å². The molecule has 1 saturated heterocycles. The third kappa shape index (κ3) is 5.11. The van der Waals surface area contributed by atoms with Gasteiger partial charge < -0.3 is 9.73 Å². The molecule has 7 nitrogen and oxygen atoms in total. The summed E-state index contributed by atoms with van der Waals surface area (Å²) in [5.74, 6) is 0.149. The van der Waals surface area contributed by atoms with Gasteiger partial charge in [-0.05, 0) is 44.5 Å². The number of hydrogen-bond donors (Lipinski definition) is 2. The molecule has 0 atom stereocenters. The fraction of sp³-hybridized carbons (Fsp3) is 0.190. The van der Waals surface area contributed by atoms with Crippen molar-refractivity contribution in [2.75, 3.05) is 0 Å². The molecule has 0 spiro atoms. The molecule has 1 aliphatic rings.